The van der Waals surface area contributed by atoms with Gasteiger partial charge in [0.2, 0.25) is 0 Å². The van der Waals surface area contributed by atoms with Crippen LogP contribution in [0.25, 0.3) is 10.6 Å². The first-order chi connectivity index (χ1) is 13.3. The lowest BCUT2D eigenvalue weighted by Gasteiger charge is -2.31. The second kappa shape index (κ2) is 8.74. The van der Waals surface area contributed by atoms with Gasteiger partial charge in [-0.05, 0) is 37.5 Å². The summed E-state index contributed by atoms with van der Waals surface area (Å²) in [5.41, 5.74) is 3.54. The Hall–Kier alpha value is -2.08. The molecule has 0 unspecified atom stereocenters. The molecule has 0 amide bonds. The molecule has 1 aliphatic rings. The van der Waals surface area contributed by atoms with Crippen molar-refractivity contribution in [3.8, 4) is 10.6 Å². The highest BCUT2D eigenvalue weighted by Gasteiger charge is 2.20. The van der Waals surface area contributed by atoms with Gasteiger partial charge in [0, 0.05) is 42.5 Å². The van der Waals surface area contributed by atoms with Gasteiger partial charge < -0.3 is 4.74 Å². The van der Waals surface area contributed by atoms with Gasteiger partial charge >= 0.3 is 0 Å². The Morgan fingerprint density at radius 3 is 2.67 bits per heavy atom. The average Bonchev–Trinajstić information content (AvgIpc) is 3.17. The predicted molar refractivity (Wildman–Crippen MR) is 110 cm³/mol. The number of nitrogens with zero attached hydrogens (tertiary/aromatic N) is 3. The van der Waals surface area contributed by atoms with Crippen molar-refractivity contribution >= 4 is 11.3 Å². The molecule has 4 nitrogen and oxygen atoms in total. The van der Waals surface area contributed by atoms with E-state index in [0.717, 1.165) is 43.2 Å². The summed E-state index contributed by atoms with van der Waals surface area (Å²) in [4.78, 5) is 12.8. The molecule has 140 valence electrons. The SMILES string of the molecule is Cc1ccccc1-c1ncc(CN2CCC(OCc3ccccn3)CC2)s1. The highest BCUT2D eigenvalue weighted by Crippen LogP contribution is 2.29. The summed E-state index contributed by atoms with van der Waals surface area (Å²) in [6.07, 6.45) is 6.36. The van der Waals surface area contributed by atoms with Crippen LogP contribution in [0.5, 0.6) is 0 Å². The molecule has 0 bridgehead atoms. The molecule has 0 spiro atoms. The number of hydrogen-bond acceptors (Lipinski definition) is 5. The molecule has 1 aliphatic heterocycles. The third-order valence-corrected chi connectivity index (χ3v) is 6.05. The zero-order chi connectivity index (χ0) is 18.5. The lowest BCUT2D eigenvalue weighted by Crippen LogP contribution is -2.36. The van der Waals surface area contributed by atoms with E-state index in [9.17, 15) is 0 Å². The largest absolute Gasteiger partial charge is 0.372 e. The van der Waals surface area contributed by atoms with Crippen molar-refractivity contribution in [2.45, 2.75) is 39.0 Å². The number of ether oxygens (including phenoxy) is 1. The molecule has 3 heterocycles. The second-order valence-corrected chi connectivity index (χ2v) is 8.17. The Balaban J connectivity index is 1.27. The molecule has 1 aromatic carbocycles. The number of aromatic nitrogens is 2. The quantitative estimate of drug-likeness (QED) is 0.622. The van der Waals surface area contributed by atoms with Crippen molar-refractivity contribution in [1.29, 1.82) is 0 Å². The number of piperidine rings is 1. The standard InChI is InChI=1S/C22H25N3OS/c1-17-6-2-3-8-21(17)22-24-14-20(27-22)15-25-12-9-19(10-13-25)26-16-18-7-4-5-11-23-18/h2-8,11,14,19H,9-10,12-13,15-16H2,1H3. The van der Waals surface area contributed by atoms with Crippen molar-refractivity contribution in [1.82, 2.24) is 14.9 Å². The van der Waals surface area contributed by atoms with Crippen molar-refractivity contribution in [3.05, 3.63) is 71.0 Å². The molecule has 0 atom stereocenters. The Bertz CT molecular complexity index is 857. The van der Waals surface area contributed by atoms with E-state index in [0.29, 0.717) is 12.7 Å². The van der Waals surface area contributed by atoms with Crippen LogP contribution in [0.3, 0.4) is 0 Å². The van der Waals surface area contributed by atoms with Crippen LogP contribution in [0, 0.1) is 6.92 Å². The molecular weight excluding hydrogens is 354 g/mol. The molecule has 0 saturated carbocycles. The number of pyridine rings is 1. The van der Waals surface area contributed by atoms with Crippen LogP contribution >= 0.6 is 11.3 Å². The van der Waals surface area contributed by atoms with E-state index < -0.39 is 0 Å². The zero-order valence-electron chi connectivity index (χ0n) is 15.7. The predicted octanol–water partition coefficient (Wildman–Crippen LogP) is 4.69. The maximum atomic E-state index is 6.04. The summed E-state index contributed by atoms with van der Waals surface area (Å²) in [7, 11) is 0. The Labute approximate surface area is 164 Å². The van der Waals surface area contributed by atoms with Gasteiger partial charge in [-0.2, -0.15) is 0 Å². The Morgan fingerprint density at radius 1 is 1.07 bits per heavy atom. The summed E-state index contributed by atoms with van der Waals surface area (Å²) < 4.78 is 6.04. The van der Waals surface area contributed by atoms with E-state index in [4.69, 9.17) is 4.74 Å². The molecule has 0 aliphatic carbocycles. The topological polar surface area (TPSA) is 38.2 Å². The Kier molecular flexibility index (Phi) is 5.92. The number of thiazole rings is 1. The molecule has 3 aromatic rings. The lowest BCUT2D eigenvalue weighted by molar-refractivity contribution is -0.00506. The van der Waals surface area contributed by atoms with Crippen LogP contribution < -0.4 is 0 Å². The summed E-state index contributed by atoms with van der Waals surface area (Å²) in [5.74, 6) is 0. The van der Waals surface area contributed by atoms with Crippen molar-refractivity contribution < 1.29 is 4.74 Å². The van der Waals surface area contributed by atoms with Gasteiger partial charge in [0.15, 0.2) is 0 Å². The second-order valence-electron chi connectivity index (χ2n) is 7.05. The minimum atomic E-state index is 0.340. The van der Waals surface area contributed by atoms with Gasteiger partial charge in [-0.3, -0.25) is 9.88 Å². The normalized spacial score (nSPS) is 15.9. The van der Waals surface area contributed by atoms with Gasteiger partial charge in [0.05, 0.1) is 18.4 Å². The first-order valence-corrected chi connectivity index (χ1v) is 10.3. The fourth-order valence-corrected chi connectivity index (χ4v) is 4.50. The molecule has 0 radical (unpaired) electrons. The molecule has 1 fully saturated rings. The van der Waals surface area contributed by atoms with Crippen molar-refractivity contribution in [2.75, 3.05) is 13.1 Å². The number of hydrogen-bond donors (Lipinski definition) is 0. The zero-order valence-corrected chi connectivity index (χ0v) is 16.5. The number of aryl methyl sites for hydroxylation is 1. The first-order valence-electron chi connectivity index (χ1n) is 9.52. The van der Waals surface area contributed by atoms with Crippen LogP contribution in [0.15, 0.2) is 54.9 Å². The summed E-state index contributed by atoms with van der Waals surface area (Å²) in [6, 6.07) is 14.4. The van der Waals surface area contributed by atoms with Crippen LogP contribution in [0.4, 0.5) is 0 Å². The smallest absolute Gasteiger partial charge is 0.123 e. The lowest BCUT2D eigenvalue weighted by atomic mass is 10.1. The molecule has 0 N–H and O–H groups in total. The van der Waals surface area contributed by atoms with Crippen LogP contribution in [-0.4, -0.2) is 34.1 Å². The van der Waals surface area contributed by atoms with E-state index >= 15 is 0 Å². The monoisotopic (exact) mass is 379 g/mol. The summed E-state index contributed by atoms with van der Waals surface area (Å²) >= 11 is 1.81. The van der Waals surface area contributed by atoms with E-state index in [1.54, 1.807) is 0 Å². The summed E-state index contributed by atoms with van der Waals surface area (Å²) in [5, 5.41) is 1.12. The number of rotatable bonds is 6. The highest BCUT2D eigenvalue weighted by molar-refractivity contribution is 7.15. The number of likely N-dealkylation sites (tertiary alicyclic amines) is 1. The third kappa shape index (κ3) is 4.80. The molecule has 1 saturated heterocycles. The van der Waals surface area contributed by atoms with Crippen LogP contribution in [-0.2, 0) is 17.9 Å². The fraction of sp³-hybridized carbons (Fsp3) is 0.364. The minimum absolute atomic E-state index is 0.340. The maximum absolute atomic E-state index is 6.04. The number of benzene rings is 1. The van der Waals surface area contributed by atoms with Gasteiger partial charge in [-0.15, -0.1) is 11.3 Å². The van der Waals surface area contributed by atoms with E-state index in [-0.39, 0.29) is 0 Å². The highest BCUT2D eigenvalue weighted by atomic mass is 32.1. The maximum Gasteiger partial charge on any atom is 0.123 e. The van der Waals surface area contributed by atoms with E-state index in [2.05, 4.69) is 46.1 Å². The average molecular weight is 380 g/mol. The minimum Gasteiger partial charge on any atom is -0.372 e. The fourth-order valence-electron chi connectivity index (χ4n) is 3.46. The first kappa shape index (κ1) is 18.3. The van der Waals surface area contributed by atoms with Gasteiger partial charge in [-0.1, -0.05) is 30.3 Å². The van der Waals surface area contributed by atoms with Crippen molar-refractivity contribution in [2.24, 2.45) is 0 Å². The summed E-state index contributed by atoms with van der Waals surface area (Å²) in [6.45, 7) is 5.89. The van der Waals surface area contributed by atoms with Gasteiger partial charge in [0.1, 0.15) is 5.01 Å². The Morgan fingerprint density at radius 2 is 1.89 bits per heavy atom. The van der Waals surface area contributed by atoms with Crippen LogP contribution in [0.2, 0.25) is 0 Å². The van der Waals surface area contributed by atoms with Gasteiger partial charge in [0.25, 0.3) is 0 Å². The van der Waals surface area contributed by atoms with Crippen molar-refractivity contribution in [3.63, 3.8) is 0 Å². The van der Waals surface area contributed by atoms with Gasteiger partial charge in [-0.25, -0.2) is 4.98 Å². The molecule has 2 aromatic heterocycles. The van der Waals surface area contributed by atoms with E-state index in [1.807, 2.05) is 41.9 Å². The molecular formula is C22H25N3OS. The molecule has 27 heavy (non-hydrogen) atoms. The molecule has 4 rings (SSSR count). The third-order valence-electron chi connectivity index (χ3n) is 5.04. The van der Waals surface area contributed by atoms with Crippen LogP contribution in [0.1, 0.15) is 29.0 Å². The molecule has 5 heteroatoms. The van der Waals surface area contributed by atoms with E-state index in [1.165, 1.54) is 16.0 Å².